The van der Waals surface area contributed by atoms with Crippen LogP contribution in [0.2, 0.25) is 0 Å². The van der Waals surface area contributed by atoms with Crippen molar-refractivity contribution in [2.45, 2.75) is 18.3 Å². The highest BCUT2D eigenvalue weighted by Gasteiger charge is 2.37. The van der Waals surface area contributed by atoms with Crippen LogP contribution >= 0.6 is 23.4 Å². The number of halogens is 1. The molecule has 1 aliphatic rings. The summed E-state index contributed by atoms with van der Waals surface area (Å²) in [6.45, 7) is 1.72. The lowest BCUT2D eigenvalue weighted by Gasteiger charge is -2.14. The van der Waals surface area contributed by atoms with Crippen LogP contribution in [0.3, 0.4) is 0 Å². The van der Waals surface area contributed by atoms with E-state index in [4.69, 9.17) is 11.6 Å². The molecule has 3 atom stereocenters. The van der Waals surface area contributed by atoms with Gasteiger partial charge in [-0.2, -0.15) is 11.8 Å². The minimum Gasteiger partial charge on any atom is -0.469 e. The van der Waals surface area contributed by atoms with Gasteiger partial charge in [0.1, 0.15) is 0 Å². The number of hydrogen-bond acceptors (Lipinski definition) is 6. The molecule has 116 valence electrons. The second-order valence-electron chi connectivity index (χ2n) is 4.71. The van der Waals surface area contributed by atoms with Gasteiger partial charge in [0.25, 0.3) is 0 Å². The van der Waals surface area contributed by atoms with E-state index in [-0.39, 0.29) is 35.1 Å². The Labute approximate surface area is 127 Å². The van der Waals surface area contributed by atoms with Crippen molar-refractivity contribution in [3.63, 3.8) is 0 Å². The van der Waals surface area contributed by atoms with Crippen LogP contribution in [0, 0.1) is 5.92 Å². The number of nitrogens with one attached hydrogen (secondary N) is 1. The summed E-state index contributed by atoms with van der Waals surface area (Å²) < 4.78 is 27.3. The molecule has 1 amide bonds. The van der Waals surface area contributed by atoms with Crippen molar-refractivity contribution in [1.29, 1.82) is 0 Å². The van der Waals surface area contributed by atoms with E-state index >= 15 is 0 Å². The standard InChI is InChI=1S/C11H18ClNO5S2/c1-7(11(15)18-2)3-19-4-10(14)13-9-6-20(16,17)5-8(9)12/h7-9H,3-6H2,1-2H3,(H,13,14). The van der Waals surface area contributed by atoms with Gasteiger partial charge in [-0.05, 0) is 0 Å². The summed E-state index contributed by atoms with van der Waals surface area (Å²) in [6, 6.07) is -0.534. The van der Waals surface area contributed by atoms with Gasteiger partial charge < -0.3 is 10.1 Å². The van der Waals surface area contributed by atoms with Crippen molar-refractivity contribution < 1.29 is 22.7 Å². The van der Waals surface area contributed by atoms with Crippen molar-refractivity contribution >= 4 is 45.1 Å². The maximum Gasteiger partial charge on any atom is 0.309 e. The monoisotopic (exact) mass is 343 g/mol. The molecule has 0 aromatic carbocycles. The number of carbonyl (C=O) groups is 2. The Hall–Kier alpha value is -0.470. The van der Waals surface area contributed by atoms with Gasteiger partial charge in [0.05, 0.1) is 41.7 Å². The second-order valence-corrected chi connectivity index (χ2v) is 8.45. The maximum atomic E-state index is 11.7. The largest absolute Gasteiger partial charge is 0.469 e. The first-order chi connectivity index (χ1) is 9.25. The molecule has 3 unspecified atom stereocenters. The number of sulfone groups is 1. The Bertz CT molecular complexity index is 467. The summed E-state index contributed by atoms with van der Waals surface area (Å²) in [6.07, 6.45) is 0. The summed E-state index contributed by atoms with van der Waals surface area (Å²) in [7, 11) is -1.84. The summed E-state index contributed by atoms with van der Waals surface area (Å²) in [5.41, 5.74) is 0. The van der Waals surface area contributed by atoms with Crippen LogP contribution in [0.25, 0.3) is 0 Å². The van der Waals surface area contributed by atoms with Crippen molar-refractivity contribution in [1.82, 2.24) is 5.32 Å². The first-order valence-corrected chi connectivity index (χ1v) is 9.46. The molecule has 0 aromatic heterocycles. The molecule has 20 heavy (non-hydrogen) atoms. The molecule has 0 bridgehead atoms. The normalized spacial score (nSPS) is 25.9. The smallest absolute Gasteiger partial charge is 0.309 e. The van der Waals surface area contributed by atoms with Crippen LogP contribution in [0.4, 0.5) is 0 Å². The van der Waals surface area contributed by atoms with E-state index in [1.54, 1.807) is 6.92 Å². The van der Waals surface area contributed by atoms with Gasteiger partial charge in [0.2, 0.25) is 5.91 Å². The van der Waals surface area contributed by atoms with Crippen LogP contribution in [-0.4, -0.2) is 61.8 Å². The van der Waals surface area contributed by atoms with Gasteiger partial charge in [0.15, 0.2) is 9.84 Å². The molecule has 0 aromatic rings. The van der Waals surface area contributed by atoms with Gasteiger partial charge in [-0.25, -0.2) is 8.42 Å². The molecule has 1 N–H and O–H groups in total. The van der Waals surface area contributed by atoms with Crippen LogP contribution in [0.15, 0.2) is 0 Å². The number of ether oxygens (including phenoxy) is 1. The number of carbonyl (C=O) groups excluding carboxylic acids is 2. The molecule has 9 heteroatoms. The number of alkyl halides is 1. The van der Waals surface area contributed by atoms with Gasteiger partial charge in [-0.3, -0.25) is 9.59 Å². The van der Waals surface area contributed by atoms with E-state index in [1.165, 1.54) is 18.9 Å². The van der Waals surface area contributed by atoms with Crippen LogP contribution < -0.4 is 5.32 Å². The Morgan fingerprint density at radius 1 is 1.45 bits per heavy atom. The topological polar surface area (TPSA) is 89.5 Å². The Morgan fingerprint density at radius 3 is 2.60 bits per heavy atom. The molecule has 0 aliphatic carbocycles. The van der Waals surface area contributed by atoms with Gasteiger partial charge in [0, 0.05) is 5.75 Å². The molecular formula is C11H18ClNO5S2. The van der Waals surface area contributed by atoms with E-state index in [2.05, 4.69) is 10.1 Å². The van der Waals surface area contributed by atoms with E-state index in [9.17, 15) is 18.0 Å². The third-order valence-electron chi connectivity index (χ3n) is 2.83. The van der Waals surface area contributed by atoms with E-state index in [0.29, 0.717) is 5.75 Å². The predicted octanol–water partition coefficient (Wildman–Crippen LogP) is 0.0493. The summed E-state index contributed by atoms with van der Waals surface area (Å²) in [5, 5.41) is 2.03. The lowest BCUT2D eigenvalue weighted by Crippen LogP contribution is -2.41. The number of hydrogen-bond donors (Lipinski definition) is 1. The first-order valence-electron chi connectivity index (χ1n) is 6.04. The first kappa shape index (κ1) is 17.6. The third kappa shape index (κ3) is 5.49. The molecule has 0 radical (unpaired) electrons. The SMILES string of the molecule is COC(=O)C(C)CSCC(=O)NC1CS(=O)(=O)CC1Cl. The van der Waals surface area contributed by atoms with E-state index < -0.39 is 21.3 Å². The minimum atomic E-state index is -3.15. The highest BCUT2D eigenvalue weighted by atomic mass is 35.5. The zero-order chi connectivity index (χ0) is 15.3. The van der Waals surface area contributed by atoms with E-state index in [1.807, 2.05) is 0 Å². The average Bonchev–Trinajstić information content (AvgIpc) is 2.60. The van der Waals surface area contributed by atoms with Crippen LogP contribution in [0.1, 0.15) is 6.92 Å². The Morgan fingerprint density at radius 2 is 2.10 bits per heavy atom. The van der Waals surface area contributed by atoms with Crippen molar-refractivity contribution in [2.24, 2.45) is 5.92 Å². The maximum absolute atomic E-state index is 11.7. The number of amides is 1. The van der Waals surface area contributed by atoms with Gasteiger partial charge >= 0.3 is 5.97 Å². The number of methoxy groups -OCH3 is 1. The fourth-order valence-electron chi connectivity index (χ4n) is 1.78. The zero-order valence-electron chi connectivity index (χ0n) is 11.3. The Kier molecular flexibility index (Phi) is 6.60. The fraction of sp³-hybridized carbons (Fsp3) is 0.818. The number of thioether (sulfide) groups is 1. The molecule has 6 nitrogen and oxygen atoms in total. The molecule has 1 fully saturated rings. The van der Waals surface area contributed by atoms with Crippen LogP contribution in [-0.2, 0) is 24.2 Å². The zero-order valence-corrected chi connectivity index (χ0v) is 13.7. The molecule has 1 heterocycles. The average molecular weight is 344 g/mol. The molecule has 1 saturated heterocycles. The molecule has 1 aliphatic heterocycles. The predicted molar refractivity (Wildman–Crippen MR) is 78.7 cm³/mol. The quantitative estimate of drug-likeness (QED) is 0.541. The minimum absolute atomic E-state index is 0.105. The van der Waals surface area contributed by atoms with Gasteiger partial charge in [-0.15, -0.1) is 11.6 Å². The fourth-order valence-corrected chi connectivity index (χ4v) is 5.21. The lowest BCUT2D eigenvalue weighted by atomic mass is 10.2. The lowest BCUT2D eigenvalue weighted by molar-refractivity contribution is -0.144. The molecule has 0 saturated carbocycles. The summed E-state index contributed by atoms with van der Waals surface area (Å²) >= 11 is 7.18. The second kappa shape index (κ2) is 7.51. The van der Waals surface area contributed by atoms with Crippen LogP contribution in [0.5, 0.6) is 0 Å². The summed E-state index contributed by atoms with van der Waals surface area (Å²) in [4.78, 5) is 22.8. The third-order valence-corrected chi connectivity index (χ3v) is 6.41. The number of esters is 1. The van der Waals surface area contributed by atoms with Crippen molar-refractivity contribution in [2.75, 3.05) is 30.1 Å². The molecule has 0 spiro atoms. The van der Waals surface area contributed by atoms with Crippen molar-refractivity contribution in [3.8, 4) is 0 Å². The molecule has 1 rings (SSSR count). The molecular weight excluding hydrogens is 326 g/mol. The number of rotatable bonds is 6. The van der Waals surface area contributed by atoms with E-state index in [0.717, 1.165) is 0 Å². The van der Waals surface area contributed by atoms with Crippen molar-refractivity contribution in [3.05, 3.63) is 0 Å². The highest BCUT2D eigenvalue weighted by Crippen LogP contribution is 2.18. The highest BCUT2D eigenvalue weighted by molar-refractivity contribution is 7.99. The van der Waals surface area contributed by atoms with Gasteiger partial charge in [-0.1, -0.05) is 6.92 Å². The Balaban J connectivity index is 2.29. The summed E-state index contributed by atoms with van der Waals surface area (Å²) in [5.74, 6) is -0.484.